The van der Waals surface area contributed by atoms with Gasteiger partial charge in [-0.05, 0) is 42.8 Å². The summed E-state index contributed by atoms with van der Waals surface area (Å²) in [5, 5.41) is 6.71. The van der Waals surface area contributed by atoms with E-state index in [0.29, 0.717) is 27.8 Å². The fraction of sp³-hybridized carbons (Fsp3) is 0.167. The first kappa shape index (κ1) is 19.3. The Morgan fingerprint density at radius 3 is 2.50 bits per heavy atom. The highest BCUT2D eigenvalue weighted by Crippen LogP contribution is 2.22. The van der Waals surface area contributed by atoms with Gasteiger partial charge in [0, 0.05) is 16.3 Å². The predicted molar refractivity (Wildman–Crippen MR) is 100 cm³/mol. The molecular formula is C18H18ClN3O4. The van der Waals surface area contributed by atoms with Crippen LogP contribution in [0.15, 0.2) is 41.5 Å². The number of nitrogens with zero attached hydrogens (tertiary/aromatic N) is 1. The molecule has 0 fully saturated rings. The zero-order valence-corrected chi connectivity index (χ0v) is 15.3. The van der Waals surface area contributed by atoms with Crippen LogP contribution in [-0.2, 0) is 9.59 Å². The van der Waals surface area contributed by atoms with Crippen LogP contribution in [0.25, 0.3) is 0 Å². The highest BCUT2D eigenvalue weighted by molar-refractivity contribution is 6.39. The number of methoxy groups -OCH3 is 2. The molecule has 136 valence electrons. The van der Waals surface area contributed by atoms with Crippen molar-refractivity contribution in [1.82, 2.24) is 5.43 Å². The molecule has 2 amide bonds. The zero-order valence-electron chi connectivity index (χ0n) is 14.5. The van der Waals surface area contributed by atoms with Crippen LogP contribution >= 0.6 is 11.6 Å². The van der Waals surface area contributed by atoms with Crippen LogP contribution in [0.2, 0.25) is 5.02 Å². The van der Waals surface area contributed by atoms with Gasteiger partial charge < -0.3 is 14.8 Å². The maximum absolute atomic E-state index is 11.9. The minimum Gasteiger partial charge on any atom is -0.497 e. The molecule has 26 heavy (non-hydrogen) atoms. The third-order valence-electron chi connectivity index (χ3n) is 3.44. The molecule has 7 nitrogen and oxygen atoms in total. The zero-order chi connectivity index (χ0) is 19.1. The lowest BCUT2D eigenvalue weighted by atomic mass is 10.2. The van der Waals surface area contributed by atoms with Gasteiger partial charge in [-0.25, -0.2) is 5.43 Å². The summed E-state index contributed by atoms with van der Waals surface area (Å²) in [5.41, 5.74) is 4.02. The number of carbonyl (C=O) groups excluding carboxylic acids is 2. The van der Waals surface area contributed by atoms with Crippen LogP contribution in [0.3, 0.4) is 0 Å². The molecule has 0 atom stereocenters. The monoisotopic (exact) mass is 375 g/mol. The molecule has 2 N–H and O–H groups in total. The average molecular weight is 376 g/mol. The second-order valence-corrected chi connectivity index (χ2v) is 5.63. The Morgan fingerprint density at radius 1 is 1.08 bits per heavy atom. The number of nitrogens with one attached hydrogen (secondary N) is 2. The Morgan fingerprint density at radius 2 is 1.85 bits per heavy atom. The fourth-order valence-electron chi connectivity index (χ4n) is 2.01. The molecule has 0 aliphatic carbocycles. The van der Waals surface area contributed by atoms with E-state index in [2.05, 4.69) is 15.8 Å². The van der Waals surface area contributed by atoms with Gasteiger partial charge in [0.1, 0.15) is 11.5 Å². The number of hydrogen-bond donors (Lipinski definition) is 2. The summed E-state index contributed by atoms with van der Waals surface area (Å²) >= 11 is 5.98. The van der Waals surface area contributed by atoms with Gasteiger partial charge in [0.15, 0.2) is 0 Å². The van der Waals surface area contributed by atoms with Gasteiger partial charge in [-0.1, -0.05) is 17.7 Å². The van der Waals surface area contributed by atoms with E-state index in [1.165, 1.54) is 20.4 Å². The molecular weight excluding hydrogens is 358 g/mol. The number of aryl methyl sites for hydroxylation is 1. The summed E-state index contributed by atoms with van der Waals surface area (Å²) in [7, 11) is 3.05. The van der Waals surface area contributed by atoms with Crippen LogP contribution in [-0.4, -0.2) is 32.2 Å². The van der Waals surface area contributed by atoms with Crippen molar-refractivity contribution in [2.24, 2.45) is 5.10 Å². The summed E-state index contributed by atoms with van der Waals surface area (Å²) < 4.78 is 10.3. The minimum absolute atomic E-state index is 0.416. The van der Waals surface area contributed by atoms with Crippen molar-refractivity contribution in [2.75, 3.05) is 19.5 Å². The minimum atomic E-state index is -0.917. The van der Waals surface area contributed by atoms with Crippen molar-refractivity contribution in [3.05, 3.63) is 52.5 Å². The summed E-state index contributed by atoms with van der Waals surface area (Å²) in [6.07, 6.45) is 1.36. The predicted octanol–water partition coefficient (Wildman–Crippen LogP) is 2.75. The first-order chi connectivity index (χ1) is 12.4. The van der Waals surface area contributed by atoms with Gasteiger partial charge in [0.2, 0.25) is 0 Å². The van der Waals surface area contributed by atoms with Crippen molar-refractivity contribution in [3.8, 4) is 11.5 Å². The SMILES string of the molecule is COc1ccc(OC)c(C=NNC(=O)C(=O)Nc2ccc(C)c(Cl)c2)c1. The Labute approximate surface area is 155 Å². The maximum atomic E-state index is 11.9. The molecule has 0 bridgehead atoms. The van der Waals surface area contributed by atoms with Gasteiger partial charge in [0.05, 0.1) is 20.4 Å². The van der Waals surface area contributed by atoms with Gasteiger partial charge in [-0.15, -0.1) is 0 Å². The van der Waals surface area contributed by atoms with Crippen LogP contribution in [0.1, 0.15) is 11.1 Å². The van der Waals surface area contributed by atoms with Crippen molar-refractivity contribution < 1.29 is 19.1 Å². The molecule has 0 saturated heterocycles. The molecule has 2 aromatic rings. The number of carbonyl (C=O) groups is 2. The first-order valence-electron chi connectivity index (χ1n) is 7.57. The maximum Gasteiger partial charge on any atom is 0.329 e. The number of anilines is 1. The van der Waals surface area contributed by atoms with E-state index in [4.69, 9.17) is 21.1 Å². The number of benzene rings is 2. The van der Waals surface area contributed by atoms with Crippen molar-refractivity contribution >= 4 is 35.3 Å². The molecule has 0 spiro atoms. The molecule has 0 aliphatic heterocycles. The summed E-state index contributed by atoms with van der Waals surface area (Å²) in [6.45, 7) is 1.84. The summed E-state index contributed by atoms with van der Waals surface area (Å²) in [4.78, 5) is 23.7. The largest absolute Gasteiger partial charge is 0.497 e. The lowest BCUT2D eigenvalue weighted by molar-refractivity contribution is -0.136. The van der Waals surface area contributed by atoms with E-state index in [0.717, 1.165) is 5.56 Å². The summed E-state index contributed by atoms with van der Waals surface area (Å²) in [5.74, 6) is -0.630. The normalized spacial score (nSPS) is 10.5. The number of hydrogen-bond acceptors (Lipinski definition) is 5. The lowest BCUT2D eigenvalue weighted by Gasteiger charge is -2.07. The van der Waals surface area contributed by atoms with Crippen molar-refractivity contribution in [3.63, 3.8) is 0 Å². The van der Waals surface area contributed by atoms with E-state index >= 15 is 0 Å². The van der Waals surface area contributed by atoms with Gasteiger partial charge in [-0.3, -0.25) is 9.59 Å². The summed E-state index contributed by atoms with van der Waals surface area (Å²) in [6, 6.07) is 10.1. The average Bonchev–Trinajstić information content (AvgIpc) is 2.64. The number of halogens is 1. The van der Waals surface area contributed by atoms with Gasteiger partial charge >= 0.3 is 11.8 Å². The quantitative estimate of drug-likeness (QED) is 0.477. The topological polar surface area (TPSA) is 89.0 Å². The van der Waals surface area contributed by atoms with Gasteiger partial charge in [0.25, 0.3) is 0 Å². The Kier molecular flexibility index (Phi) is 6.57. The van der Waals surface area contributed by atoms with E-state index in [-0.39, 0.29) is 0 Å². The molecule has 0 aliphatic rings. The molecule has 0 heterocycles. The number of hydrazone groups is 1. The van der Waals surface area contributed by atoms with E-state index in [1.807, 2.05) is 6.92 Å². The molecule has 2 rings (SSSR count). The second kappa shape index (κ2) is 8.87. The number of rotatable bonds is 5. The van der Waals surface area contributed by atoms with Gasteiger partial charge in [-0.2, -0.15) is 5.10 Å². The Balaban J connectivity index is 2.00. The van der Waals surface area contributed by atoms with Crippen LogP contribution in [0, 0.1) is 6.92 Å². The molecule has 0 aromatic heterocycles. The molecule has 8 heteroatoms. The van der Waals surface area contributed by atoms with Crippen molar-refractivity contribution in [1.29, 1.82) is 0 Å². The number of ether oxygens (including phenoxy) is 2. The Hall–Kier alpha value is -3.06. The van der Waals surface area contributed by atoms with Crippen molar-refractivity contribution in [2.45, 2.75) is 6.92 Å². The smallest absolute Gasteiger partial charge is 0.329 e. The number of amides is 2. The van der Waals surface area contributed by atoms with Crippen LogP contribution in [0.4, 0.5) is 5.69 Å². The highest BCUT2D eigenvalue weighted by Gasteiger charge is 2.13. The van der Waals surface area contributed by atoms with Crippen LogP contribution in [0.5, 0.6) is 11.5 Å². The molecule has 0 radical (unpaired) electrons. The lowest BCUT2D eigenvalue weighted by Crippen LogP contribution is -2.32. The van der Waals surface area contributed by atoms with E-state index in [9.17, 15) is 9.59 Å². The Bertz CT molecular complexity index is 852. The fourth-order valence-corrected chi connectivity index (χ4v) is 2.19. The molecule has 2 aromatic carbocycles. The third kappa shape index (κ3) is 4.97. The van der Waals surface area contributed by atoms with Crippen LogP contribution < -0.4 is 20.2 Å². The van der Waals surface area contributed by atoms with E-state index in [1.54, 1.807) is 36.4 Å². The molecule has 0 unspecified atom stereocenters. The molecule has 0 saturated carbocycles. The highest BCUT2D eigenvalue weighted by atomic mass is 35.5. The third-order valence-corrected chi connectivity index (χ3v) is 3.85. The first-order valence-corrected chi connectivity index (χ1v) is 7.95. The standard InChI is InChI=1S/C18H18ClN3O4/c1-11-4-5-13(9-15(11)19)21-17(23)18(24)22-20-10-12-8-14(25-2)6-7-16(12)26-3/h4-10H,1-3H3,(H,21,23)(H,22,24). The van der Waals surface area contributed by atoms with E-state index < -0.39 is 11.8 Å². The second-order valence-electron chi connectivity index (χ2n) is 5.23.